The van der Waals surface area contributed by atoms with E-state index in [1.165, 1.54) is 18.7 Å². The first-order valence-electron chi connectivity index (χ1n) is 6.59. The summed E-state index contributed by atoms with van der Waals surface area (Å²) in [7, 11) is 0. The minimum absolute atomic E-state index is 0.0492. The maximum atomic E-state index is 12.7. The van der Waals surface area contributed by atoms with E-state index in [-0.39, 0.29) is 16.3 Å². The number of aromatic nitrogens is 1. The fourth-order valence-corrected chi connectivity index (χ4v) is 3.50. The van der Waals surface area contributed by atoms with Gasteiger partial charge >= 0.3 is 6.18 Å². The molecule has 0 unspecified atom stereocenters. The van der Waals surface area contributed by atoms with Gasteiger partial charge in [0, 0.05) is 17.5 Å². The van der Waals surface area contributed by atoms with Gasteiger partial charge in [0.05, 0.1) is 25.8 Å². The highest BCUT2D eigenvalue weighted by Gasteiger charge is 2.32. The van der Waals surface area contributed by atoms with Crippen LogP contribution in [0.2, 0.25) is 5.02 Å². The first-order valence-corrected chi connectivity index (χ1v) is 9.01. The second-order valence-corrected chi connectivity index (χ2v) is 7.23. The third-order valence-corrected chi connectivity index (χ3v) is 5.72. The highest BCUT2D eigenvalue weighted by Crippen LogP contribution is 2.38. The van der Waals surface area contributed by atoms with Gasteiger partial charge in [0.2, 0.25) is 5.78 Å². The molecule has 1 aromatic rings. The minimum atomic E-state index is -4.62. The van der Waals surface area contributed by atoms with E-state index in [9.17, 15) is 18.0 Å². The molecule has 4 nitrogen and oxygen atoms in total. The Kier molecular flexibility index (Phi) is 7.41. The number of hydrogen-bond donors (Lipinski definition) is 1. The van der Waals surface area contributed by atoms with E-state index in [0.717, 1.165) is 11.8 Å². The summed E-state index contributed by atoms with van der Waals surface area (Å²) in [6, 6.07) is 2.61. The zero-order valence-electron chi connectivity index (χ0n) is 13.4. The summed E-state index contributed by atoms with van der Waals surface area (Å²) in [6.45, 7) is 3.05. The highest BCUT2D eigenvalue weighted by molar-refractivity contribution is 8.24. The van der Waals surface area contributed by atoms with Crippen molar-refractivity contribution in [3.05, 3.63) is 49.0 Å². The van der Waals surface area contributed by atoms with Crippen molar-refractivity contribution < 1.29 is 18.0 Å². The lowest BCUT2D eigenvalue weighted by Crippen LogP contribution is -2.12. The molecule has 0 aliphatic heterocycles. The molecule has 1 heterocycles. The number of carbonyl (C=O) groups is 1. The van der Waals surface area contributed by atoms with Crippen molar-refractivity contribution >= 4 is 40.9 Å². The maximum absolute atomic E-state index is 12.7. The molecule has 0 radical (unpaired) electrons. The summed E-state index contributed by atoms with van der Waals surface area (Å²) in [4.78, 5) is 16.2. The van der Waals surface area contributed by atoms with Crippen molar-refractivity contribution in [1.29, 1.82) is 5.26 Å². The van der Waals surface area contributed by atoms with Gasteiger partial charge in [-0.2, -0.15) is 18.4 Å². The summed E-state index contributed by atoms with van der Waals surface area (Å²) in [5.74, 6) is -0.707. The Labute approximate surface area is 156 Å². The molecule has 2 N–H and O–H groups in total. The van der Waals surface area contributed by atoms with E-state index >= 15 is 0 Å². The molecule has 0 fully saturated rings. The quantitative estimate of drug-likeness (QED) is 0.421. The van der Waals surface area contributed by atoms with Gasteiger partial charge in [-0.25, -0.2) is 0 Å². The van der Waals surface area contributed by atoms with Crippen LogP contribution in [-0.4, -0.2) is 17.0 Å². The Morgan fingerprint density at radius 1 is 1.40 bits per heavy atom. The van der Waals surface area contributed by atoms with Gasteiger partial charge in [-0.1, -0.05) is 23.4 Å². The average molecular weight is 408 g/mol. The summed E-state index contributed by atoms with van der Waals surface area (Å²) in [5.41, 5.74) is 4.88. The SMILES string of the molecule is CS/C(S/C(C(=O)c1ncc(C(F)(F)F)cc1Cl)=C(\C)N)=C(/C)C#N. The van der Waals surface area contributed by atoms with Crippen LogP contribution in [0.1, 0.15) is 29.9 Å². The Hall–Kier alpha value is -1.63. The number of carbonyl (C=O) groups excluding carboxylic acids is 1. The van der Waals surface area contributed by atoms with Crippen LogP contribution in [0.4, 0.5) is 13.2 Å². The number of pyridine rings is 1. The number of alkyl halides is 3. The van der Waals surface area contributed by atoms with Crippen LogP contribution in [-0.2, 0) is 6.18 Å². The Bertz CT molecular complexity index is 794. The van der Waals surface area contributed by atoms with Gasteiger partial charge in [-0.3, -0.25) is 9.78 Å². The molecular formula is C15H13ClF3N3OS2. The van der Waals surface area contributed by atoms with Gasteiger partial charge in [0.25, 0.3) is 0 Å². The monoisotopic (exact) mass is 407 g/mol. The van der Waals surface area contributed by atoms with Crippen LogP contribution in [0.15, 0.2) is 32.7 Å². The number of nitriles is 1. The standard InChI is InChI=1S/C15H13ClF3N3OS2/c1-7(5-20)14(24-3)25-13(8(2)21)12(23)11-10(16)4-9(6-22-11)15(17,18)19/h4,6H,21H2,1-3H3/b13-8+,14-7+. The molecule has 0 amide bonds. The van der Waals surface area contributed by atoms with Crippen molar-refractivity contribution in [3.63, 3.8) is 0 Å². The lowest BCUT2D eigenvalue weighted by molar-refractivity contribution is -0.137. The highest BCUT2D eigenvalue weighted by atomic mass is 35.5. The second-order valence-electron chi connectivity index (χ2n) is 4.72. The predicted octanol–water partition coefficient (Wildman–Crippen LogP) is 4.98. The molecule has 0 spiro atoms. The number of halogens is 4. The molecule has 25 heavy (non-hydrogen) atoms. The molecule has 0 bridgehead atoms. The van der Waals surface area contributed by atoms with Crippen LogP contribution in [0.5, 0.6) is 0 Å². The molecule has 1 aromatic heterocycles. The topological polar surface area (TPSA) is 79.8 Å². The van der Waals surface area contributed by atoms with Crippen molar-refractivity contribution in [2.45, 2.75) is 20.0 Å². The zero-order chi connectivity index (χ0) is 19.4. The van der Waals surface area contributed by atoms with Gasteiger partial charge in [-0.15, -0.1) is 11.8 Å². The molecule has 0 saturated heterocycles. The molecule has 0 aliphatic rings. The maximum Gasteiger partial charge on any atom is 0.417 e. The first kappa shape index (κ1) is 21.4. The number of nitrogens with zero attached hydrogens (tertiary/aromatic N) is 2. The second kappa shape index (κ2) is 8.65. The fraction of sp³-hybridized carbons (Fsp3) is 0.267. The van der Waals surface area contributed by atoms with E-state index in [1.807, 2.05) is 6.07 Å². The smallest absolute Gasteiger partial charge is 0.401 e. The van der Waals surface area contributed by atoms with Gasteiger partial charge in [0.15, 0.2) is 0 Å². The summed E-state index contributed by atoms with van der Waals surface area (Å²) in [6.07, 6.45) is -2.35. The van der Waals surface area contributed by atoms with Crippen molar-refractivity contribution in [1.82, 2.24) is 4.98 Å². The molecule has 1 rings (SSSR count). The van der Waals surface area contributed by atoms with Gasteiger partial charge in [0.1, 0.15) is 5.69 Å². The molecular weight excluding hydrogens is 395 g/mol. The van der Waals surface area contributed by atoms with E-state index in [2.05, 4.69) is 4.98 Å². The Morgan fingerprint density at radius 3 is 2.40 bits per heavy atom. The molecule has 0 saturated carbocycles. The van der Waals surface area contributed by atoms with Crippen molar-refractivity contribution in [3.8, 4) is 6.07 Å². The van der Waals surface area contributed by atoms with Crippen LogP contribution in [0.3, 0.4) is 0 Å². The third-order valence-electron chi connectivity index (χ3n) is 2.80. The van der Waals surface area contributed by atoms with Gasteiger partial charge in [-0.05, 0) is 26.2 Å². The number of allylic oxidation sites excluding steroid dienone is 3. The summed E-state index contributed by atoms with van der Waals surface area (Å²) < 4.78 is 38.6. The lowest BCUT2D eigenvalue weighted by atomic mass is 10.2. The Balaban J connectivity index is 3.32. The summed E-state index contributed by atoms with van der Waals surface area (Å²) in [5, 5.41) is 8.56. The van der Waals surface area contributed by atoms with Crippen LogP contribution in [0.25, 0.3) is 0 Å². The molecule has 0 aliphatic carbocycles. The third kappa shape index (κ3) is 5.42. The van der Waals surface area contributed by atoms with Crippen LogP contribution < -0.4 is 5.73 Å². The van der Waals surface area contributed by atoms with Gasteiger partial charge < -0.3 is 5.73 Å². The Morgan fingerprint density at radius 2 is 2.00 bits per heavy atom. The zero-order valence-corrected chi connectivity index (χ0v) is 15.8. The lowest BCUT2D eigenvalue weighted by Gasteiger charge is -2.12. The van der Waals surface area contributed by atoms with Crippen molar-refractivity contribution in [2.24, 2.45) is 5.73 Å². The number of nitrogens with two attached hydrogens (primary N) is 1. The molecule has 0 atom stereocenters. The van der Waals surface area contributed by atoms with E-state index in [1.54, 1.807) is 13.2 Å². The number of rotatable bonds is 5. The van der Waals surface area contributed by atoms with E-state index in [4.69, 9.17) is 22.6 Å². The van der Waals surface area contributed by atoms with E-state index < -0.39 is 22.5 Å². The largest absolute Gasteiger partial charge is 0.417 e. The van der Waals surface area contributed by atoms with Crippen molar-refractivity contribution in [2.75, 3.05) is 6.26 Å². The minimum Gasteiger partial charge on any atom is -0.401 e. The average Bonchev–Trinajstić information content (AvgIpc) is 2.53. The summed E-state index contributed by atoms with van der Waals surface area (Å²) >= 11 is 8.02. The molecule has 134 valence electrons. The number of Topliss-reactive ketones (excluding diaryl/α,β-unsaturated/α-hetero) is 1. The fourth-order valence-electron chi connectivity index (χ4n) is 1.58. The molecule has 0 aromatic carbocycles. The molecule has 10 heteroatoms. The number of thioether (sulfide) groups is 2. The number of hydrogen-bond acceptors (Lipinski definition) is 6. The predicted molar refractivity (Wildman–Crippen MR) is 94.9 cm³/mol. The van der Waals surface area contributed by atoms with Crippen LogP contribution >= 0.6 is 35.1 Å². The van der Waals surface area contributed by atoms with E-state index in [0.29, 0.717) is 22.1 Å². The van der Waals surface area contributed by atoms with Crippen LogP contribution in [0, 0.1) is 11.3 Å². The first-order chi connectivity index (χ1) is 11.5. The normalized spacial score (nSPS) is 13.7. The number of ketones is 1.